The van der Waals surface area contributed by atoms with Crippen LogP contribution >= 0.6 is 15.9 Å². The van der Waals surface area contributed by atoms with Gasteiger partial charge in [-0.25, -0.2) is 4.98 Å². The normalized spacial score (nSPS) is 17.6. The molecule has 2 N–H and O–H groups in total. The van der Waals surface area contributed by atoms with Gasteiger partial charge in [-0.1, -0.05) is 6.92 Å². The minimum Gasteiger partial charge on any atom is -0.324 e. The van der Waals surface area contributed by atoms with Gasteiger partial charge in [0.1, 0.15) is 4.60 Å². The topological polar surface area (TPSA) is 54.0 Å². The lowest BCUT2D eigenvalue weighted by Crippen LogP contribution is -2.48. The summed E-state index contributed by atoms with van der Waals surface area (Å²) in [5.41, 5.74) is 0.743. The first-order valence-corrected chi connectivity index (χ1v) is 6.09. The van der Waals surface area contributed by atoms with Crippen LogP contribution in [0.25, 0.3) is 0 Å². The number of hydrogen-bond acceptors (Lipinski definition) is 3. The average molecular weight is 284 g/mol. The summed E-state index contributed by atoms with van der Waals surface area (Å²) in [5, 5.41) is 6.04. The Morgan fingerprint density at radius 2 is 2.38 bits per heavy atom. The zero-order valence-corrected chi connectivity index (χ0v) is 10.6. The van der Waals surface area contributed by atoms with Crippen LogP contribution < -0.4 is 10.6 Å². The highest BCUT2D eigenvalue weighted by Crippen LogP contribution is 2.18. The smallest absolute Gasteiger partial charge is 0.227 e. The summed E-state index contributed by atoms with van der Waals surface area (Å²) in [5.74, 6) is 0.573. The molecule has 1 fully saturated rings. The molecule has 0 radical (unpaired) electrons. The fourth-order valence-corrected chi connectivity index (χ4v) is 1.82. The van der Waals surface area contributed by atoms with E-state index in [0.29, 0.717) is 5.92 Å². The molecule has 2 heterocycles. The maximum atomic E-state index is 11.9. The van der Waals surface area contributed by atoms with E-state index in [9.17, 15) is 4.79 Å². The first-order chi connectivity index (χ1) is 7.66. The van der Waals surface area contributed by atoms with Crippen molar-refractivity contribution in [1.29, 1.82) is 0 Å². The molecule has 0 spiro atoms. The van der Waals surface area contributed by atoms with E-state index in [2.05, 4.69) is 31.5 Å². The number of rotatable bonds is 3. The Labute approximate surface area is 103 Å². The number of carbonyl (C=O) groups is 1. The molecule has 1 atom stereocenters. The minimum absolute atomic E-state index is 0.0462. The van der Waals surface area contributed by atoms with E-state index in [4.69, 9.17) is 0 Å². The lowest BCUT2D eigenvalue weighted by Gasteiger charge is -2.31. The van der Waals surface area contributed by atoms with Gasteiger partial charge in [-0.3, -0.25) is 4.79 Å². The zero-order valence-electron chi connectivity index (χ0n) is 9.03. The molecule has 1 aromatic rings. The summed E-state index contributed by atoms with van der Waals surface area (Å²) in [4.78, 5) is 15.9. The summed E-state index contributed by atoms with van der Waals surface area (Å²) >= 11 is 3.25. The number of anilines is 1. The molecule has 0 aliphatic carbocycles. The molecular formula is C11H14BrN3O. The second-order valence-electron chi connectivity index (χ2n) is 4.07. The molecular weight excluding hydrogens is 270 g/mol. The summed E-state index contributed by atoms with van der Waals surface area (Å²) in [6, 6.07) is 3.64. The number of nitrogens with zero attached hydrogens (tertiary/aromatic N) is 1. The Bertz CT molecular complexity index is 375. The van der Waals surface area contributed by atoms with Gasteiger partial charge in [0.05, 0.1) is 11.9 Å². The molecule has 2 rings (SSSR count). The van der Waals surface area contributed by atoms with Crippen molar-refractivity contribution < 1.29 is 4.79 Å². The Kier molecular flexibility index (Phi) is 3.56. The van der Waals surface area contributed by atoms with E-state index >= 15 is 0 Å². The Morgan fingerprint density at radius 1 is 1.62 bits per heavy atom. The van der Waals surface area contributed by atoms with Crippen molar-refractivity contribution in [3.05, 3.63) is 22.9 Å². The van der Waals surface area contributed by atoms with Gasteiger partial charge in [0.25, 0.3) is 0 Å². The van der Waals surface area contributed by atoms with Gasteiger partial charge in [-0.05, 0) is 47.1 Å². The van der Waals surface area contributed by atoms with Gasteiger partial charge >= 0.3 is 0 Å². The number of halogens is 1. The molecule has 5 heteroatoms. The van der Waals surface area contributed by atoms with Crippen LogP contribution in [0.4, 0.5) is 5.69 Å². The van der Waals surface area contributed by atoms with Crippen molar-refractivity contribution in [1.82, 2.24) is 10.3 Å². The fraction of sp³-hybridized carbons (Fsp3) is 0.455. The predicted octanol–water partition coefficient (Wildman–Crippen LogP) is 1.64. The van der Waals surface area contributed by atoms with Crippen molar-refractivity contribution in [2.24, 2.45) is 11.8 Å². The molecule has 0 aromatic carbocycles. The molecule has 0 bridgehead atoms. The zero-order chi connectivity index (χ0) is 11.5. The van der Waals surface area contributed by atoms with Gasteiger partial charge in [-0.15, -0.1) is 0 Å². The lowest BCUT2D eigenvalue weighted by molar-refractivity contribution is -0.121. The molecule has 1 aliphatic heterocycles. The maximum absolute atomic E-state index is 11.9. The quantitative estimate of drug-likeness (QED) is 0.830. The van der Waals surface area contributed by atoms with Gasteiger partial charge < -0.3 is 10.6 Å². The third-order valence-corrected chi connectivity index (χ3v) is 3.40. The van der Waals surface area contributed by atoms with Gasteiger partial charge in [-0.2, -0.15) is 0 Å². The van der Waals surface area contributed by atoms with Crippen molar-refractivity contribution in [3.63, 3.8) is 0 Å². The molecule has 1 aromatic heterocycles. The minimum atomic E-state index is 0.0462. The predicted molar refractivity (Wildman–Crippen MR) is 66.1 cm³/mol. The molecule has 1 unspecified atom stereocenters. The fourth-order valence-electron chi connectivity index (χ4n) is 1.58. The SMILES string of the molecule is CC(C(=O)Nc1ccc(Br)nc1)C1CNC1. The Morgan fingerprint density at radius 3 is 2.88 bits per heavy atom. The van der Waals surface area contributed by atoms with Crippen LogP contribution in [0, 0.1) is 11.8 Å². The van der Waals surface area contributed by atoms with Gasteiger partial charge in [0.15, 0.2) is 0 Å². The number of aromatic nitrogens is 1. The van der Waals surface area contributed by atoms with Gasteiger partial charge in [0, 0.05) is 5.92 Å². The van der Waals surface area contributed by atoms with Crippen molar-refractivity contribution >= 4 is 27.5 Å². The van der Waals surface area contributed by atoms with Crippen LogP contribution in [0.3, 0.4) is 0 Å². The molecule has 1 aliphatic rings. The number of carbonyl (C=O) groups excluding carboxylic acids is 1. The van der Waals surface area contributed by atoms with Gasteiger partial charge in [0.2, 0.25) is 5.91 Å². The number of hydrogen-bond donors (Lipinski definition) is 2. The lowest BCUT2D eigenvalue weighted by atomic mass is 9.88. The summed E-state index contributed by atoms with van der Waals surface area (Å²) in [7, 11) is 0. The third kappa shape index (κ3) is 2.59. The molecule has 86 valence electrons. The van der Waals surface area contributed by atoms with Crippen molar-refractivity contribution in [2.45, 2.75) is 6.92 Å². The molecule has 1 saturated heterocycles. The highest BCUT2D eigenvalue weighted by atomic mass is 79.9. The van der Waals surface area contributed by atoms with Crippen LogP contribution in [0.15, 0.2) is 22.9 Å². The first-order valence-electron chi connectivity index (χ1n) is 5.30. The summed E-state index contributed by atoms with van der Waals surface area (Å²) in [6.45, 7) is 3.84. The summed E-state index contributed by atoms with van der Waals surface area (Å²) < 4.78 is 0.766. The molecule has 1 amide bonds. The Balaban J connectivity index is 1.93. The monoisotopic (exact) mass is 283 g/mol. The van der Waals surface area contributed by atoms with E-state index in [1.54, 1.807) is 6.20 Å². The van der Waals surface area contributed by atoms with Crippen LogP contribution in [0.2, 0.25) is 0 Å². The third-order valence-electron chi connectivity index (χ3n) is 2.93. The van der Waals surface area contributed by atoms with Crippen LogP contribution in [-0.4, -0.2) is 24.0 Å². The van der Waals surface area contributed by atoms with Crippen LogP contribution in [0.5, 0.6) is 0 Å². The van der Waals surface area contributed by atoms with Crippen LogP contribution in [-0.2, 0) is 4.79 Å². The molecule has 16 heavy (non-hydrogen) atoms. The number of pyridine rings is 1. The Hall–Kier alpha value is -0.940. The summed E-state index contributed by atoms with van der Waals surface area (Å²) in [6.07, 6.45) is 1.65. The average Bonchev–Trinajstić information content (AvgIpc) is 2.19. The van der Waals surface area contributed by atoms with E-state index in [1.165, 1.54) is 0 Å². The number of nitrogens with one attached hydrogen (secondary N) is 2. The van der Waals surface area contributed by atoms with E-state index in [0.717, 1.165) is 23.4 Å². The molecule has 4 nitrogen and oxygen atoms in total. The first kappa shape index (κ1) is 11.5. The number of amides is 1. The standard InChI is InChI=1S/C11H14BrN3O/c1-7(8-4-13-5-8)11(16)15-9-2-3-10(12)14-6-9/h2-3,6-8,13H,4-5H2,1H3,(H,15,16). The van der Waals surface area contributed by atoms with E-state index < -0.39 is 0 Å². The maximum Gasteiger partial charge on any atom is 0.227 e. The van der Waals surface area contributed by atoms with E-state index in [-0.39, 0.29) is 11.8 Å². The van der Waals surface area contributed by atoms with E-state index in [1.807, 2.05) is 19.1 Å². The second kappa shape index (κ2) is 4.93. The van der Waals surface area contributed by atoms with Crippen molar-refractivity contribution in [2.75, 3.05) is 18.4 Å². The highest BCUT2D eigenvalue weighted by Gasteiger charge is 2.28. The second-order valence-corrected chi connectivity index (χ2v) is 4.88. The molecule has 0 saturated carbocycles. The van der Waals surface area contributed by atoms with Crippen LogP contribution in [0.1, 0.15) is 6.92 Å². The van der Waals surface area contributed by atoms with Crippen molar-refractivity contribution in [3.8, 4) is 0 Å². The largest absolute Gasteiger partial charge is 0.324 e. The highest BCUT2D eigenvalue weighted by molar-refractivity contribution is 9.10.